The Balaban J connectivity index is 1.29. The summed E-state index contributed by atoms with van der Waals surface area (Å²) in [7, 11) is 1.52. The molecule has 2 atom stereocenters. The molecule has 226 valence electrons. The molecule has 1 aliphatic carbocycles. The molecule has 0 N–H and O–H groups in total. The molecule has 0 radical (unpaired) electrons. The number of carbonyl (C=O) groups is 3. The van der Waals surface area contributed by atoms with Gasteiger partial charge in [-0.25, -0.2) is 9.78 Å². The SMILES string of the molecule is CN(C(=O)Oc1ccc(C(F)(F)F)nc1)C1CN(C(=O)C2CCN(C(=O)C3(C)CC3)CC2)C[C@@H]1c1ccc(Cl)c(Cl)c1. The van der Waals surface area contributed by atoms with Gasteiger partial charge in [-0.15, -0.1) is 0 Å². The molecule has 1 aromatic carbocycles. The highest BCUT2D eigenvalue weighted by atomic mass is 35.5. The molecule has 8 nitrogen and oxygen atoms in total. The number of aromatic nitrogens is 1. The first-order chi connectivity index (χ1) is 19.8. The standard InChI is InChI=1S/C29H31Cl2F3N4O4/c1-28(9-10-28)26(40)37-11-7-17(8-12-37)25(39)38-15-20(18-3-5-21(30)22(31)13-18)23(16-38)36(2)27(41)42-19-4-6-24(35-14-19)29(32,33)34/h3-6,13-14,17,20,23H,7-12,15-16H2,1-2H3/t20-,23?/m1/s1. The number of hydrogen-bond acceptors (Lipinski definition) is 5. The topological polar surface area (TPSA) is 83.1 Å². The van der Waals surface area contributed by atoms with E-state index in [0.717, 1.165) is 36.7 Å². The van der Waals surface area contributed by atoms with Crippen molar-refractivity contribution in [2.24, 2.45) is 11.3 Å². The van der Waals surface area contributed by atoms with Gasteiger partial charge in [-0.1, -0.05) is 36.2 Å². The molecular formula is C29H31Cl2F3N4O4. The van der Waals surface area contributed by atoms with E-state index in [2.05, 4.69) is 4.98 Å². The number of ether oxygens (including phenoxy) is 1. The molecule has 13 heteroatoms. The monoisotopic (exact) mass is 626 g/mol. The number of pyridine rings is 1. The fraction of sp³-hybridized carbons (Fsp3) is 0.517. The first kappa shape index (κ1) is 30.4. The largest absolute Gasteiger partial charge is 0.433 e. The zero-order valence-corrected chi connectivity index (χ0v) is 24.7. The van der Waals surface area contributed by atoms with Gasteiger partial charge >= 0.3 is 12.3 Å². The number of alkyl halides is 3. The number of hydrogen-bond donors (Lipinski definition) is 0. The number of likely N-dealkylation sites (N-methyl/N-ethyl adjacent to an activating group) is 1. The lowest BCUT2D eigenvalue weighted by Crippen LogP contribution is -2.46. The van der Waals surface area contributed by atoms with Gasteiger partial charge in [0.2, 0.25) is 11.8 Å². The summed E-state index contributed by atoms with van der Waals surface area (Å²) >= 11 is 12.4. The number of nitrogens with zero attached hydrogens (tertiary/aromatic N) is 4. The molecule has 1 aromatic heterocycles. The third-order valence-corrected chi connectivity index (χ3v) is 9.38. The van der Waals surface area contributed by atoms with Crippen LogP contribution in [-0.4, -0.2) is 76.9 Å². The zero-order valence-electron chi connectivity index (χ0n) is 23.2. The van der Waals surface area contributed by atoms with Crippen molar-refractivity contribution in [3.8, 4) is 5.75 Å². The van der Waals surface area contributed by atoms with Crippen LogP contribution in [0.25, 0.3) is 0 Å². The number of amides is 3. The molecular weight excluding hydrogens is 596 g/mol. The van der Waals surface area contributed by atoms with Gasteiger partial charge in [0.25, 0.3) is 0 Å². The highest BCUT2D eigenvalue weighted by Crippen LogP contribution is 2.47. The Bertz CT molecular complexity index is 1360. The van der Waals surface area contributed by atoms with Crippen LogP contribution in [0.5, 0.6) is 5.75 Å². The summed E-state index contributed by atoms with van der Waals surface area (Å²) < 4.78 is 43.9. The second-order valence-corrected chi connectivity index (χ2v) is 12.4. The number of rotatable bonds is 5. The lowest BCUT2D eigenvalue weighted by atomic mass is 9.93. The number of piperidine rings is 1. The Morgan fingerprint density at radius 1 is 1.02 bits per heavy atom. The molecule has 2 aliphatic heterocycles. The molecule has 42 heavy (non-hydrogen) atoms. The van der Waals surface area contributed by atoms with E-state index >= 15 is 0 Å². The summed E-state index contributed by atoms with van der Waals surface area (Å²) in [4.78, 5) is 47.8. The van der Waals surface area contributed by atoms with Gasteiger partial charge in [0.1, 0.15) is 5.69 Å². The number of halogens is 5. The molecule has 0 bridgehead atoms. The molecule has 3 amide bonds. The second kappa shape index (κ2) is 11.6. The Kier molecular flexibility index (Phi) is 8.37. The summed E-state index contributed by atoms with van der Waals surface area (Å²) in [5.41, 5.74) is -0.572. The van der Waals surface area contributed by atoms with Crippen LogP contribution in [0.15, 0.2) is 36.5 Å². The predicted octanol–water partition coefficient (Wildman–Crippen LogP) is 5.87. The van der Waals surface area contributed by atoms with E-state index in [4.69, 9.17) is 27.9 Å². The second-order valence-electron chi connectivity index (χ2n) is 11.6. The molecule has 1 unspecified atom stereocenters. The van der Waals surface area contributed by atoms with Gasteiger partial charge in [0.15, 0.2) is 5.75 Å². The maximum Gasteiger partial charge on any atom is 0.433 e. The maximum absolute atomic E-state index is 13.7. The van der Waals surface area contributed by atoms with Gasteiger partial charge in [0, 0.05) is 50.5 Å². The van der Waals surface area contributed by atoms with Gasteiger partial charge < -0.3 is 19.4 Å². The third kappa shape index (κ3) is 6.32. The van der Waals surface area contributed by atoms with Crippen molar-refractivity contribution in [2.75, 3.05) is 33.2 Å². The summed E-state index contributed by atoms with van der Waals surface area (Å²) in [5.74, 6) is -0.592. The maximum atomic E-state index is 13.7. The van der Waals surface area contributed by atoms with Crippen LogP contribution in [0, 0.1) is 11.3 Å². The van der Waals surface area contributed by atoms with Crippen LogP contribution < -0.4 is 4.74 Å². The highest BCUT2D eigenvalue weighted by Gasteiger charge is 2.48. The van der Waals surface area contributed by atoms with Crippen LogP contribution in [-0.2, 0) is 15.8 Å². The first-order valence-electron chi connectivity index (χ1n) is 13.8. The molecule has 0 spiro atoms. The molecule has 3 fully saturated rings. The van der Waals surface area contributed by atoms with Crippen molar-refractivity contribution in [3.63, 3.8) is 0 Å². The van der Waals surface area contributed by atoms with E-state index in [0.29, 0.717) is 42.5 Å². The fourth-order valence-corrected chi connectivity index (χ4v) is 6.02. The smallest absolute Gasteiger partial charge is 0.409 e. The van der Waals surface area contributed by atoms with Gasteiger partial charge in [0.05, 0.1) is 22.3 Å². The van der Waals surface area contributed by atoms with Gasteiger partial charge in [-0.3, -0.25) is 9.59 Å². The van der Waals surface area contributed by atoms with Crippen molar-refractivity contribution in [1.82, 2.24) is 19.7 Å². The third-order valence-electron chi connectivity index (χ3n) is 8.64. The molecule has 2 aromatic rings. The first-order valence-corrected chi connectivity index (χ1v) is 14.5. The zero-order chi connectivity index (χ0) is 30.4. The van der Waals surface area contributed by atoms with Gasteiger partial charge in [-0.05, 0) is 55.5 Å². The summed E-state index contributed by atoms with van der Waals surface area (Å²) in [6.45, 7) is 3.59. The predicted molar refractivity (Wildman–Crippen MR) is 149 cm³/mol. The Morgan fingerprint density at radius 3 is 2.29 bits per heavy atom. The fourth-order valence-electron chi connectivity index (χ4n) is 5.72. The van der Waals surface area contributed by atoms with Crippen LogP contribution in [0.2, 0.25) is 10.0 Å². The van der Waals surface area contributed by atoms with E-state index in [-0.39, 0.29) is 41.4 Å². The summed E-state index contributed by atoms with van der Waals surface area (Å²) in [6.07, 6.45) is -1.64. The highest BCUT2D eigenvalue weighted by molar-refractivity contribution is 6.42. The quantitative estimate of drug-likeness (QED) is 0.414. The van der Waals surface area contributed by atoms with Crippen LogP contribution in [0.3, 0.4) is 0 Å². The minimum atomic E-state index is -4.62. The Hall–Kier alpha value is -3.05. The van der Waals surface area contributed by atoms with E-state index in [9.17, 15) is 27.6 Å². The van der Waals surface area contributed by atoms with E-state index in [1.807, 2.05) is 11.8 Å². The Morgan fingerprint density at radius 2 is 1.71 bits per heavy atom. The number of carbonyl (C=O) groups excluding carboxylic acids is 3. The minimum absolute atomic E-state index is 0.0407. The van der Waals surface area contributed by atoms with E-state index in [1.54, 1.807) is 23.1 Å². The van der Waals surface area contributed by atoms with Crippen molar-refractivity contribution in [3.05, 3.63) is 57.8 Å². The van der Waals surface area contributed by atoms with Crippen molar-refractivity contribution >= 4 is 41.1 Å². The van der Waals surface area contributed by atoms with E-state index < -0.39 is 24.0 Å². The Labute approximate surface area is 251 Å². The lowest BCUT2D eigenvalue weighted by Gasteiger charge is -2.34. The number of likely N-dealkylation sites (tertiary alicyclic amines) is 2. The van der Waals surface area contributed by atoms with Gasteiger partial charge in [-0.2, -0.15) is 13.2 Å². The molecule has 2 saturated heterocycles. The van der Waals surface area contributed by atoms with Crippen molar-refractivity contribution in [2.45, 2.75) is 50.7 Å². The average Bonchev–Trinajstić information content (AvgIpc) is 3.56. The van der Waals surface area contributed by atoms with Crippen LogP contribution in [0.4, 0.5) is 18.0 Å². The average molecular weight is 627 g/mol. The minimum Gasteiger partial charge on any atom is -0.409 e. The summed E-state index contributed by atoms with van der Waals surface area (Å²) in [6, 6.07) is 6.40. The summed E-state index contributed by atoms with van der Waals surface area (Å²) in [5, 5.41) is 0.701. The van der Waals surface area contributed by atoms with E-state index in [1.165, 1.54) is 11.9 Å². The molecule has 5 rings (SSSR count). The van der Waals surface area contributed by atoms with Crippen molar-refractivity contribution < 1.29 is 32.3 Å². The molecule has 3 heterocycles. The van der Waals surface area contributed by atoms with Crippen LogP contribution >= 0.6 is 23.2 Å². The molecule has 3 aliphatic rings. The lowest BCUT2D eigenvalue weighted by molar-refractivity contribution is -0.142. The number of benzene rings is 1. The molecule has 1 saturated carbocycles. The van der Waals surface area contributed by atoms with Crippen LogP contribution in [0.1, 0.15) is 49.8 Å². The van der Waals surface area contributed by atoms with Crippen molar-refractivity contribution in [1.29, 1.82) is 0 Å². The normalized spacial score (nSPS) is 22.2.